The van der Waals surface area contributed by atoms with Crippen molar-refractivity contribution in [2.45, 2.75) is 19.9 Å². The number of likely N-dealkylation sites (N-methyl/N-ethyl adjacent to an activating group) is 1. The van der Waals surface area contributed by atoms with Crippen molar-refractivity contribution >= 4 is 17.5 Å². The van der Waals surface area contributed by atoms with Gasteiger partial charge in [0, 0.05) is 51.7 Å². The lowest BCUT2D eigenvalue weighted by Crippen LogP contribution is -2.37. The fraction of sp³-hybridized carbons (Fsp3) is 0.421. The van der Waals surface area contributed by atoms with Crippen LogP contribution in [0.4, 0.5) is 5.69 Å². The summed E-state index contributed by atoms with van der Waals surface area (Å²) >= 11 is 0. The molecule has 2 aromatic rings. The number of nitrogens with zero attached hydrogens (tertiary/aromatic N) is 4. The van der Waals surface area contributed by atoms with Crippen LogP contribution in [-0.4, -0.2) is 59.5 Å². The Hall–Kier alpha value is -2.83. The van der Waals surface area contributed by atoms with Gasteiger partial charge in [-0.3, -0.25) is 9.59 Å². The number of fused-ring (bicyclic) bond motifs is 1. The van der Waals surface area contributed by atoms with Gasteiger partial charge >= 0.3 is 0 Å². The molecule has 0 fully saturated rings. The molecule has 1 N–H and O–H groups in total. The Bertz CT molecular complexity index is 771. The molecule has 0 atom stereocenters. The average molecular weight is 355 g/mol. The summed E-state index contributed by atoms with van der Waals surface area (Å²) in [5.41, 5.74) is 1.49. The van der Waals surface area contributed by atoms with Gasteiger partial charge in [-0.25, -0.2) is 4.98 Å². The Morgan fingerprint density at radius 2 is 2.04 bits per heavy atom. The second-order valence-electron chi connectivity index (χ2n) is 6.39. The van der Waals surface area contributed by atoms with Crippen LogP contribution >= 0.6 is 0 Å². The largest absolute Gasteiger partial charge is 0.372 e. The summed E-state index contributed by atoms with van der Waals surface area (Å²) in [4.78, 5) is 32.5. The first-order valence-corrected chi connectivity index (χ1v) is 9.01. The van der Waals surface area contributed by atoms with E-state index in [1.165, 1.54) is 5.69 Å². The summed E-state index contributed by atoms with van der Waals surface area (Å²) in [6.07, 6.45) is 2.50. The average Bonchev–Trinajstić information content (AvgIpc) is 3.10. The SMILES string of the molecule is CCN(CCCNC(=O)c1cn2c(n1)C(=O)N(C)CC2)c1ccccc1. The number of carbonyl (C=O) groups is 2. The van der Waals surface area contributed by atoms with E-state index in [1.54, 1.807) is 22.7 Å². The summed E-state index contributed by atoms with van der Waals surface area (Å²) in [7, 11) is 1.74. The van der Waals surface area contributed by atoms with Crippen molar-refractivity contribution in [1.82, 2.24) is 19.8 Å². The van der Waals surface area contributed by atoms with E-state index in [0.717, 1.165) is 19.5 Å². The van der Waals surface area contributed by atoms with E-state index in [-0.39, 0.29) is 11.8 Å². The molecular weight excluding hydrogens is 330 g/mol. The summed E-state index contributed by atoms with van der Waals surface area (Å²) in [6.45, 7) is 5.77. The molecule has 0 bridgehead atoms. The maximum atomic E-state index is 12.3. The van der Waals surface area contributed by atoms with E-state index < -0.39 is 0 Å². The quantitative estimate of drug-likeness (QED) is 0.766. The Kier molecular flexibility index (Phi) is 5.55. The molecule has 2 amide bonds. The van der Waals surface area contributed by atoms with Gasteiger partial charge in [0.05, 0.1) is 0 Å². The number of imidazole rings is 1. The predicted octanol–water partition coefficient (Wildman–Crippen LogP) is 1.62. The van der Waals surface area contributed by atoms with Crippen LogP contribution in [0.3, 0.4) is 0 Å². The zero-order chi connectivity index (χ0) is 18.5. The first-order chi connectivity index (χ1) is 12.6. The lowest BCUT2D eigenvalue weighted by Gasteiger charge is -2.23. The summed E-state index contributed by atoms with van der Waals surface area (Å²) in [6, 6.07) is 10.2. The van der Waals surface area contributed by atoms with E-state index in [2.05, 4.69) is 34.3 Å². The van der Waals surface area contributed by atoms with Crippen molar-refractivity contribution in [3.63, 3.8) is 0 Å². The van der Waals surface area contributed by atoms with Gasteiger partial charge in [-0.1, -0.05) is 18.2 Å². The third kappa shape index (κ3) is 3.87. The smallest absolute Gasteiger partial charge is 0.289 e. The number of nitrogens with one attached hydrogen (secondary N) is 1. The molecule has 0 spiro atoms. The number of rotatable bonds is 7. The van der Waals surface area contributed by atoms with E-state index in [0.29, 0.717) is 31.2 Å². The van der Waals surface area contributed by atoms with Gasteiger partial charge in [0.25, 0.3) is 11.8 Å². The van der Waals surface area contributed by atoms with Crippen LogP contribution in [0.5, 0.6) is 0 Å². The highest BCUT2D eigenvalue weighted by molar-refractivity contribution is 5.96. The highest BCUT2D eigenvalue weighted by Gasteiger charge is 2.25. The lowest BCUT2D eigenvalue weighted by molar-refractivity contribution is 0.0741. The third-order valence-electron chi connectivity index (χ3n) is 4.62. The molecule has 0 radical (unpaired) electrons. The monoisotopic (exact) mass is 355 g/mol. The number of benzene rings is 1. The standard InChI is InChI=1S/C19H25N5O2/c1-3-23(15-8-5-4-6-9-15)11-7-10-20-18(25)16-14-24-13-12-22(2)19(26)17(24)21-16/h4-6,8-9,14H,3,7,10-13H2,1-2H3,(H,20,25). The zero-order valence-corrected chi connectivity index (χ0v) is 15.3. The highest BCUT2D eigenvalue weighted by Crippen LogP contribution is 2.13. The molecular formula is C19H25N5O2. The summed E-state index contributed by atoms with van der Waals surface area (Å²) in [5.74, 6) is -0.0352. The van der Waals surface area contributed by atoms with Gasteiger partial charge < -0.3 is 19.7 Å². The first kappa shape index (κ1) is 18.0. The molecule has 1 aliphatic rings. The fourth-order valence-electron chi connectivity index (χ4n) is 3.07. The Balaban J connectivity index is 1.50. The Morgan fingerprint density at radius 1 is 1.27 bits per heavy atom. The fourth-order valence-corrected chi connectivity index (χ4v) is 3.07. The predicted molar refractivity (Wildman–Crippen MR) is 100 cm³/mol. The molecule has 1 aliphatic heterocycles. The Labute approximate surface area is 153 Å². The molecule has 1 aromatic heterocycles. The van der Waals surface area contributed by atoms with Crippen molar-refractivity contribution in [3.05, 3.63) is 48.0 Å². The van der Waals surface area contributed by atoms with E-state index in [4.69, 9.17) is 0 Å². The zero-order valence-electron chi connectivity index (χ0n) is 15.3. The first-order valence-electron chi connectivity index (χ1n) is 9.01. The second kappa shape index (κ2) is 8.03. The van der Waals surface area contributed by atoms with E-state index >= 15 is 0 Å². The second-order valence-corrected chi connectivity index (χ2v) is 6.39. The van der Waals surface area contributed by atoms with Gasteiger partial charge in [-0.15, -0.1) is 0 Å². The maximum Gasteiger partial charge on any atom is 0.289 e. The third-order valence-corrected chi connectivity index (χ3v) is 4.62. The highest BCUT2D eigenvalue weighted by atomic mass is 16.2. The maximum absolute atomic E-state index is 12.3. The van der Waals surface area contributed by atoms with Gasteiger partial charge in [0.15, 0.2) is 5.82 Å². The molecule has 7 heteroatoms. The number of aromatic nitrogens is 2. The minimum absolute atomic E-state index is 0.142. The number of hydrogen-bond acceptors (Lipinski definition) is 4. The van der Waals surface area contributed by atoms with E-state index in [9.17, 15) is 9.59 Å². The normalized spacial score (nSPS) is 13.5. The van der Waals surface area contributed by atoms with Crippen LogP contribution in [0.2, 0.25) is 0 Å². The summed E-state index contributed by atoms with van der Waals surface area (Å²) in [5, 5.41) is 2.90. The van der Waals surface area contributed by atoms with Crippen molar-refractivity contribution in [1.29, 1.82) is 0 Å². The van der Waals surface area contributed by atoms with E-state index in [1.807, 2.05) is 18.2 Å². The topological polar surface area (TPSA) is 70.5 Å². The van der Waals surface area contributed by atoms with Gasteiger partial charge in [0.1, 0.15) is 5.69 Å². The number of hydrogen-bond donors (Lipinski definition) is 1. The molecule has 26 heavy (non-hydrogen) atoms. The van der Waals surface area contributed by atoms with Crippen LogP contribution in [0.1, 0.15) is 34.5 Å². The molecule has 1 aromatic carbocycles. The molecule has 0 unspecified atom stereocenters. The van der Waals surface area contributed by atoms with Crippen molar-refractivity contribution in [2.75, 3.05) is 38.1 Å². The summed E-state index contributed by atoms with van der Waals surface area (Å²) < 4.78 is 1.76. The molecule has 0 saturated heterocycles. The Morgan fingerprint density at radius 3 is 2.77 bits per heavy atom. The number of amides is 2. The molecule has 2 heterocycles. The van der Waals surface area contributed by atoms with Crippen LogP contribution in [0.15, 0.2) is 36.5 Å². The number of carbonyl (C=O) groups excluding carboxylic acids is 2. The number of anilines is 1. The van der Waals surface area contributed by atoms with Gasteiger partial charge in [-0.05, 0) is 25.5 Å². The van der Waals surface area contributed by atoms with Crippen molar-refractivity contribution in [2.24, 2.45) is 0 Å². The minimum atomic E-state index is -0.231. The minimum Gasteiger partial charge on any atom is -0.372 e. The van der Waals surface area contributed by atoms with Crippen molar-refractivity contribution < 1.29 is 9.59 Å². The molecule has 138 valence electrons. The molecule has 0 aliphatic carbocycles. The van der Waals surface area contributed by atoms with Crippen LogP contribution < -0.4 is 10.2 Å². The van der Waals surface area contributed by atoms with Crippen LogP contribution in [0, 0.1) is 0 Å². The van der Waals surface area contributed by atoms with Crippen LogP contribution in [-0.2, 0) is 6.54 Å². The lowest BCUT2D eigenvalue weighted by atomic mass is 10.2. The molecule has 7 nitrogen and oxygen atoms in total. The molecule has 3 rings (SSSR count). The molecule has 0 saturated carbocycles. The van der Waals surface area contributed by atoms with Crippen molar-refractivity contribution in [3.8, 4) is 0 Å². The number of para-hydroxylation sites is 1. The van der Waals surface area contributed by atoms with Gasteiger partial charge in [-0.2, -0.15) is 0 Å². The van der Waals surface area contributed by atoms with Crippen LogP contribution in [0.25, 0.3) is 0 Å². The van der Waals surface area contributed by atoms with Gasteiger partial charge in [0.2, 0.25) is 0 Å².